The summed E-state index contributed by atoms with van der Waals surface area (Å²) in [5.74, 6) is -1.27. The van der Waals surface area contributed by atoms with E-state index < -0.39 is 11.9 Å². The van der Waals surface area contributed by atoms with Crippen LogP contribution in [-0.4, -0.2) is 30.2 Å². The second kappa shape index (κ2) is 7.49. The highest BCUT2D eigenvalue weighted by Crippen LogP contribution is 2.26. The Morgan fingerprint density at radius 1 is 1.20 bits per heavy atom. The van der Waals surface area contributed by atoms with Gasteiger partial charge in [0.15, 0.2) is 0 Å². The summed E-state index contributed by atoms with van der Waals surface area (Å²) in [5.41, 5.74) is 3.07. The van der Waals surface area contributed by atoms with Crippen LogP contribution in [0.2, 0.25) is 0 Å². The molecule has 0 aromatic heterocycles. The number of carbonyl (C=O) groups is 2. The second-order valence-electron chi connectivity index (χ2n) is 6.32. The van der Waals surface area contributed by atoms with E-state index in [1.807, 2.05) is 18.2 Å². The SMILES string of the molecule is CC(C(=O)O)c1ccc(NC(=O)c2cccc(C3CCOC3)c2)cc1. The Labute approximate surface area is 146 Å². The van der Waals surface area contributed by atoms with Crippen LogP contribution in [0.4, 0.5) is 5.69 Å². The Balaban J connectivity index is 1.69. The fourth-order valence-corrected chi connectivity index (χ4v) is 2.93. The monoisotopic (exact) mass is 339 g/mol. The van der Waals surface area contributed by atoms with Crippen molar-refractivity contribution in [2.45, 2.75) is 25.2 Å². The molecule has 0 bridgehead atoms. The fraction of sp³-hybridized carbons (Fsp3) is 0.300. The maximum absolute atomic E-state index is 12.5. The van der Waals surface area contributed by atoms with Crippen molar-refractivity contribution in [3.05, 3.63) is 65.2 Å². The zero-order chi connectivity index (χ0) is 17.8. The molecule has 1 aliphatic rings. The molecule has 2 aromatic rings. The number of nitrogens with one attached hydrogen (secondary N) is 1. The summed E-state index contributed by atoms with van der Waals surface area (Å²) in [6.45, 7) is 3.10. The molecule has 1 amide bonds. The highest BCUT2D eigenvalue weighted by molar-refractivity contribution is 6.04. The molecular formula is C20H21NO4. The normalized spacial score (nSPS) is 17.9. The third kappa shape index (κ3) is 4.06. The molecule has 0 aliphatic carbocycles. The molecule has 2 N–H and O–H groups in total. The van der Waals surface area contributed by atoms with Crippen LogP contribution in [0.5, 0.6) is 0 Å². The van der Waals surface area contributed by atoms with Crippen LogP contribution in [0.15, 0.2) is 48.5 Å². The highest BCUT2D eigenvalue weighted by atomic mass is 16.5. The molecule has 5 nitrogen and oxygen atoms in total. The lowest BCUT2D eigenvalue weighted by Crippen LogP contribution is -2.13. The second-order valence-corrected chi connectivity index (χ2v) is 6.32. The van der Waals surface area contributed by atoms with E-state index in [2.05, 4.69) is 5.32 Å². The van der Waals surface area contributed by atoms with Crippen molar-refractivity contribution in [3.8, 4) is 0 Å². The van der Waals surface area contributed by atoms with E-state index in [-0.39, 0.29) is 5.91 Å². The van der Waals surface area contributed by atoms with Crippen molar-refractivity contribution in [3.63, 3.8) is 0 Å². The first-order chi connectivity index (χ1) is 12.0. The van der Waals surface area contributed by atoms with Gasteiger partial charge in [0.05, 0.1) is 12.5 Å². The standard InChI is InChI=1S/C20H21NO4/c1-13(20(23)24)14-5-7-18(8-6-14)21-19(22)16-4-2-3-15(11-16)17-9-10-25-12-17/h2-8,11,13,17H,9-10,12H2,1H3,(H,21,22)(H,23,24). The molecule has 1 fully saturated rings. The van der Waals surface area contributed by atoms with E-state index in [9.17, 15) is 9.59 Å². The van der Waals surface area contributed by atoms with Crippen molar-refractivity contribution < 1.29 is 19.4 Å². The Morgan fingerprint density at radius 3 is 2.60 bits per heavy atom. The van der Waals surface area contributed by atoms with Gasteiger partial charge in [0.1, 0.15) is 0 Å². The van der Waals surface area contributed by atoms with E-state index in [0.717, 1.165) is 18.6 Å². The third-order valence-corrected chi connectivity index (χ3v) is 4.59. The van der Waals surface area contributed by atoms with Crippen LogP contribution >= 0.6 is 0 Å². The maximum atomic E-state index is 12.5. The van der Waals surface area contributed by atoms with Crippen molar-refractivity contribution >= 4 is 17.6 Å². The van der Waals surface area contributed by atoms with Gasteiger partial charge in [-0.3, -0.25) is 9.59 Å². The minimum absolute atomic E-state index is 0.181. The Hall–Kier alpha value is -2.66. The summed E-state index contributed by atoms with van der Waals surface area (Å²) in [7, 11) is 0. The lowest BCUT2D eigenvalue weighted by molar-refractivity contribution is -0.138. The number of carboxylic acids is 1. The fourth-order valence-electron chi connectivity index (χ4n) is 2.93. The lowest BCUT2D eigenvalue weighted by atomic mass is 9.96. The van der Waals surface area contributed by atoms with E-state index in [1.54, 1.807) is 37.3 Å². The molecular weight excluding hydrogens is 318 g/mol. The van der Waals surface area contributed by atoms with Gasteiger partial charge < -0.3 is 15.2 Å². The molecule has 1 heterocycles. The summed E-state index contributed by atoms with van der Waals surface area (Å²) >= 11 is 0. The minimum atomic E-state index is -0.871. The lowest BCUT2D eigenvalue weighted by Gasteiger charge is -2.11. The summed E-state index contributed by atoms with van der Waals surface area (Å²) in [5, 5.41) is 11.9. The molecule has 0 saturated carbocycles. The number of carbonyl (C=O) groups excluding carboxylic acids is 1. The van der Waals surface area contributed by atoms with Gasteiger partial charge in [-0.1, -0.05) is 24.3 Å². The van der Waals surface area contributed by atoms with Gasteiger partial charge >= 0.3 is 5.97 Å². The smallest absolute Gasteiger partial charge is 0.310 e. The van der Waals surface area contributed by atoms with E-state index >= 15 is 0 Å². The summed E-state index contributed by atoms with van der Waals surface area (Å²) in [4.78, 5) is 23.5. The quantitative estimate of drug-likeness (QED) is 0.872. The van der Waals surface area contributed by atoms with Gasteiger partial charge in [-0.05, 0) is 48.7 Å². The number of aliphatic carboxylic acids is 1. The van der Waals surface area contributed by atoms with Gasteiger partial charge in [-0.2, -0.15) is 0 Å². The van der Waals surface area contributed by atoms with Crippen LogP contribution in [0.25, 0.3) is 0 Å². The van der Waals surface area contributed by atoms with Crippen molar-refractivity contribution in [2.24, 2.45) is 0 Å². The minimum Gasteiger partial charge on any atom is -0.481 e. The zero-order valence-electron chi connectivity index (χ0n) is 14.1. The molecule has 2 unspecified atom stereocenters. The number of rotatable bonds is 5. The summed E-state index contributed by atoms with van der Waals surface area (Å²) in [6.07, 6.45) is 0.980. The van der Waals surface area contributed by atoms with Crippen molar-refractivity contribution in [2.75, 3.05) is 18.5 Å². The molecule has 3 rings (SSSR count). The highest BCUT2D eigenvalue weighted by Gasteiger charge is 2.19. The number of hydrogen-bond acceptors (Lipinski definition) is 3. The van der Waals surface area contributed by atoms with Crippen LogP contribution in [0.1, 0.15) is 46.7 Å². The predicted molar refractivity (Wildman–Crippen MR) is 95.1 cm³/mol. The molecule has 2 aromatic carbocycles. The molecule has 0 radical (unpaired) electrons. The predicted octanol–water partition coefficient (Wildman–Crippen LogP) is 3.63. The summed E-state index contributed by atoms with van der Waals surface area (Å²) < 4.78 is 5.41. The number of anilines is 1. The largest absolute Gasteiger partial charge is 0.481 e. The Morgan fingerprint density at radius 2 is 1.96 bits per heavy atom. The van der Waals surface area contributed by atoms with Crippen molar-refractivity contribution in [1.82, 2.24) is 0 Å². The number of amides is 1. The number of carboxylic acid groups (broad SMARTS) is 1. The Kier molecular flexibility index (Phi) is 5.14. The van der Waals surface area contributed by atoms with Crippen LogP contribution in [0, 0.1) is 0 Å². The van der Waals surface area contributed by atoms with Gasteiger partial charge in [0.2, 0.25) is 0 Å². The van der Waals surface area contributed by atoms with Crippen molar-refractivity contribution in [1.29, 1.82) is 0 Å². The summed E-state index contributed by atoms with van der Waals surface area (Å²) in [6, 6.07) is 14.5. The molecule has 1 aliphatic heterocycles. The van der Waals surface area contributed by atoms with E-state index in [0.29, 0.717) is 29.3 Å². The maximum Gasteiger partial charge on any atom is 0.310 e. The Bertz CT molecular complexity index is 764. The number of ether oxygens (including phenoxy) is 1. The molecule has 2 atom stereocenters. The molecule has 0 spiro atoms. The molecule has 5 heteroatoms. The molecule has 130 valence electrons. The average molecular weight is 339 g/mol. The third-order valence-electron chi connectivity index (χ3n) is 4.59. The average Bonchev–Trinajstić information content (AvgIpc) is 3.16. The first kappa shape index (κ1) is 17.2. The molecule has 25 heavy (non-hydrogen) atoms. The van der Waals surface area contributed by atoms with Gasteiger partial charge in [-0.15, -0.1) is 0 Å². The number of hydrogen-bond donors (Lipinski definition) is 2. The van der Waals surface area contributed by atoms with Crippen LogP contribution < -0.4 is 5.32 Å². The van der Waals surface area contributed by atoms with Crippen LogP contribution in [-0.2, 0) is 9.53 Å². The zero-order valence-corrected chi connectivity index (χ0v) is 14.1. The van der Waals surface area contributed by atoms with E-state index in [1.165, 1.54) is 0 Å². The first-order valence-corrected chi connectivity index (χ1v) is 8.36. The van der Waals surface area contributed by atoms with Gasteiger partial charge in [0.25, 0.3) is 5.91 Å². The molecule has 1 saturated heterocycles. The van der Waals surface area contributed by atoms with Gasteiger partial charge in [0, 0.05) is 23.8 Å². The van der Waals surface area contributed by atoms with Crippen LogP contribution in [0.3, 0.4) is 0 Å². The number of benzene rings is 2. The first-order valence-electron chi connectivity index (χ1n) is 8.36. The van der Waals surface area contributed by atoms with E-state index in [4.69, 9.17) is 9.84 Å². The topological polar surface area (TPSA) is 75.6 Å². The van der Waals surface area contributed by atoms with Gasteiger partial charge in [-0.25, -0.2) is 0 Å².